The number of anilines is 3. The van der Waals surface area contributed by atoms with Gasteiger partial charge in [-0.15, -0.1) is 0 Å². The van der Waals surface area contributed by atoms with Crippen molar-refractivity contribution in [3.05, 3.63) is 90.1 Å². The third-order valence-electron chi connectivity index (χ3n) is 4.96. The maximum absolute atomic E-state index is 13.4. The highest BCUT2D eigenvalue weighted by Gasteiger charge is 2.40. The standard InChI is InChI=1S/C25H21N3O4/c1-16(29)26-18-14-12-17(13-15-18)22-23(27-20-10-6-7-11-21(20)32-2)25(31)28(24(22)30)19-8-4-3-5-9-19/h3-15,27H,1-2H3,(H,26,29). The molecule has 7 nitrogen and oxygen atoms in total. The van der Waals surface area contributed by atoms with Crippen molar-refractivity contribution in [2.75, 3.05) is 22.6 Å². The summed E-state index contributed by atoms with van der Waals surface area (Å²) in [4.78, 5) is 39.3. The summed E-state index contributed by atoms with van der Waals surface area (Å²) in [6.45, 7) is 1.42. The molecule has 4 rings (SSSR count). The number of benzene rings is 3. The molecule has 0 bridgehead atoms. The minimum Gasteiger partial charge on any atom is -0.495 e. The van der Waals surface area contributed by atoms with Crippen LogP contribution in [0.25, 0.3) is 5.57 Å². The molecule has 32 heavy (non-hydrogen) atoms. The van der Waals surface area contributed by atoms with Crippen molar-refractivity contribution in [2.45, 2.75) is 6.92 Å². The predicted molar refractivity (Wildman–Crippen MR) is 123 cm³/mol. The number of para-hydroxylation sites is 3. The van der Waals surface area contributed by atoms with Crippen molar-refractivity contribution in [1.82, 2.24) is 0 Å². The molecule has 0 saturated carbocycles. The number of imide groups is 1. The van der Waals surface area contributed by atoms with Gasteiger partial charge in [0, 0.05) is 12.6 Å². The van der Waals surface area contributed by atoms with Crippen LogP contribution in [0.2, 0.25) is 0 Å². The van der Waals surface area contributed by atoms with Crippen LogP contribution in [0.5, 0.6) is 5.75 Å². The van der Waals surface area contributed by atoms with Gasteiger partial charge in [0.25, 0.3) is 11.8 Å². The zero-order valence-corrected chi connectivity index (χ0v) is 17.6. The summed E-state index contributed by atoms with van der Waals surface area (Å²) in [6.07, 6.45) is 0. The van der Waals surface area contributed by atoms with E-state index in [1.165, 1.54) is 14.0 Å². The highest BCUT2D eigenvalue weighted by molar-refractivity contribution is 6.46. The zero-order chi connectivity index (χ0) is 22.7. The van der Waals surface area contributed by atoms with E-state index >= 15 is 0 Å². The topological polar surface area (TPSA) is 87.7 Å². The lowest BCUT2D eigenvalue weighted by Crippen LogP contribution is -2.32. The Balaban J connectivity index is 1.80. The number of nitrogens with zero attached hydrogens (tertiary/aromatic N) is 1. The fraction of sp³-hybridized carbons (Fsp3) is 0.0800. The fourth-order valence-corrected chi connectivity index (χ4v) is 3.53. The Morgan fingerprint density at radius 3 is 2.16 bits per heavy atom. The predicted octanol–water partition coefficient (Wildman–Crippen LogP) is 4.05. The fourth-order valence-electron chi connectivity index (χ4n) is 3.53. The first-order valence-corrected chi connectivity index (χ1v) is 9.95. The quantitative estimate of drug-likeness (QED) is 0.580. The van der Waals surface area contributed by atoms with Crippen LogP contribution in [-0.2, 0) is 14.4 Å². The van der Waals surface area contributed by atoms with Crippen LogP contribution in [0, 0.1) is 0 Å². The number of carbonyl (C=O) groups excluding carboxylic acids is 3. The number of nitrogens with one attached hydrogen (secondary N) is 2. The smallest absolute Gasteiger partial charge is 0.282 e. The second-order valence-electron chi connectivity index (χ2n) is 7.12. The van der Waals surface area contributed by atoms with Crippen LogP contribution in [0.1, 0.15) is 12.5 Å². The van der Waals surface area contributed by atoms with E-state index in [2.05, 4.69) is 10.6 Å². The molecule has 0 saturated heterocycles. The van der Waals surface area contributed by atoms with Crippen LogP contribution in [0.4, 0.5) is 17.1 Å². The molecule has 3 amide bonds. The highest BCUT2D eigenvalue weighted by Crippen LogP contribution is 2.35. The number of ether oxygens (including phenoxy) is 1. The van der Waals surface area contributed by atoms with Gasteiger partial charge >= 0.3 is 0 Å². The summed E-state index contributed by atoms with van der Waals surface area (Å²) in [5.74, 6) is -0.560. The van der Waals surface area contributed by atoms with Crippen molar-refractivity contribution < 1.29 is 19.1 Å². The van der Waals surface area contributed by atoms with Crippen LogP contribution < -0.4 is 20.3 Å². The third kappa shape index (κ3) is 3.96. The SMILES string of the molecule is COc1ccccc1NC1=C(c2ccc(NC(C)=O)cc2)C(=O)N(c2ccccc2)C1=O. The van der Waals surface area contributed by atoms with E-state index in [0.717, 1.165) is 4.90 Å². The van der Waals surface area contributed by atoms with Crippen molar-refractivity contribution in [2.24, 2.45) is 0 Å². The van der Waals surface area contributed by atoms with Gasteiger partial charge in [0.05, 0.1) is 24.1 Å². The molecule has 1 aliphatic rings. The number of hydrogen-bond donors (Lipinski definition) is 2. The zero-order valence-electron chi connectivity index (χ0n) is 17.6. The molecule has 7 heteroatoms. The van der Waals surface area contributed by atoms with E-state index in [4.69, 9.17) is 4.74 Å². The molecular weight excluding hydrogens is 406 g/mol. The Kier molecular flexibility index (Phi) is 5.72. The van der Waals surface area contributed by atoms with Gasteiger partial charge in [0.2, 0.25) is 5.91 Å². The van der Waals surface area contributed by atoms with Crippen LogP contribution >= 0.6 is 0 Å². The Labute approximate surface area is 185 Å². The average Bonchev–Trinajstić information content (AvgIpc) is 3.04. The summed E-state index contributed by atoms with van der Waals surface area (Å²) in [5.41, 5.74) is 2.57. The molecule has 0 aromatic heterocycles. The lowest BCUT2D eigenvalue weighted by atomic mass is 10.0. The van der Waals surface area contributed by atoms with Gasteiger partial charge in [-0.3, -0.25) is 14.4 Å². The Morgan fingerprint density at radius 2 is 1.50 bits per heavy atom. The number of rotatable bonds is 6. The molecule has 160 valence electrons. The minimum absolute atomic E-state index is 0.149. The summed E-state index contributed by atoms with van der Waals surface area (Å²) in [6, 6.07) is 22.7. The lowest BCUT2D eigenvalue weighted by molar-refractivity contribution is -0.120. The second-order valence-corrected chi connectivity index (χ2v) is 7.12. The van der Waals surface area contributed by atoms with Gasteiger partial charge in [0.15, 0.2) is 0 Å². The molecule has 0 unspecified atom stereocenters. The summed E-state index contributed by atoms with van der Waals surface area (Å²) < 4.78 is 5.39. The van der Waals surface area contributed by atoms with Crippen LogP contribution in [-0.4, -0.2) is 24.8 Å². The third-order valence-corrected chi connectivity index (χ3v) is 4.96. The van der Waals surface area contributed by atoms with E-state index in [1.807, 2.05) is 18.2 Å². The molecule has 0 radical (unpaired) electrons. The van der Waals surface area contributed by atoms with Crippen molar-refractivity contribution >= 4 is 40.4 Å². The Morgan fingerprint density at radius 1 is 0.844 bits per heavy atom. The molecule has 0 atom stereocenters. The van der Waals surface area contributed by atoms with Crippen molar-refractivity contribution in [3.63, 3.8) is 0 Å². The molecule has 2 N–H and O–H groups in total. The molecule has 3 aromatic carbocycles. The van der Waals surface area contributed by atoms with Crippen LogP contribution in [0.15, 0.2) is 84.6 Å². The van der Waals surface area contributed by atoms with Gasteiger partial charge in [0.1, 0.15) is 11.4 Å². The van der Waals surface area contributed by atoms with Crippen molar-refractivity contribution in [1.29, 1.82) is 0 Å². The largest absolute Gasteiger partial charge is 0.495 e. The molecular formula is C25H21N3O4. The highest BCUT2D eigenvalue weighted by atomic mass is 16.5. The second kappa shape index (κ2) is 8.77. The van der Waals surface area contributed by atoms with E-state index in [0.29, 0.717) is 28.4 Å². The molecule has 3 aromatic rings. The number of methoxy groups -OCH3 is 1. The number of amides is 3. The number of carbonyl (C=O) groups is 3. The average molecular weight is 427 g/mol. The maximum atomic E-state index is 13.4. The van der Waals surface area contributed by atoms with Gasteiger partial charge in [-0.1, -0.05) is 42.5 Å². The van der Waals surface area contributed by atoms with E-state index in [1.54, 1.807) is 60.7 Å². The van der Waals surface area contributed by atoms with E-state index in [9.17, 15) is 14.4 Å². The normalized spacial score (nSPS) is 13.4. The monoisotopic (exact) mass is 427 g/mol. The lowest BCUT2D eigenvalue weighted by Gasteiger charge is -2.15. The van der Waals surface area contributed by atoms with Gasteiger partial charge in [-0.25, -0.2) is 4.90 Å². The number of hydrogen-bond acceptors (Lipinski definition) is 5. The first kappa shape index (κ1) is 20.9. The van der Waals surface area contributed by atoms with Crippen molar-refractivity contribution in [3.8, 4) is 5.75 Å². The first-order chi connectivity index (χ1) is 15.5. The minimum atomic E-state index is -0.465. The molecule has 0 fully saturated rings. The first-order valence-electron chi connectivity index (χ1n) is 9.95. The summed E-state index contributed by atoms with van der Waals surface area (Å²) in [5, 5.41) is 5.80. The molecule has 1 heterocycles. The summed E-state index contributed by atoms with van der Waals surface area (Å²) in [7, 11) is 1.54. The van der Waals surface area contributed by atoms with Gasteiger partial charge in [-0.05, 0) is 42.0 Å². The molecule has 0 spiro atoms. The van der Waals surface area contributed by atoms with E-state index in [-0.39, 0.29) is 17.2 Å². The van der Waals surface area contributed by atoms with Gasteiger partial charge < -0.3 is 15.4 Å². The van der Waals surface area contributed by atoms with Crippen LogP contribution in [0.3, 0.4) is 0 Å². The van der Waals surface area contributed by atoms with E-state index < -0.39 is 11.8 Å². The molecule has 1 aliphatic heterocycles. The Bertz CT molecular complexity index is 1220. The summed E-state index contributed by atoms with van der Waals surface area (Å²) >= 11 is 0. The Hall–Kier alpha value is -4.39. The van der Waals surface area contributed by atoms with Gasteiger partial charge in [-0.2, -0.15) is 0 Å². The maximum Gasteiger partial charge on any atom is 0.282 e. The molecule has 0 aliphatic carbocycles.